The molecule has 1 fully saturated rings. The zero-order valence-corrected chi connectivity index (χ0v) is 10.6. The lowest BCUT2D eigenvalue weighted by Crippen LogP contribution is -2.29. The molecule has 1 saturated carbocycles. The third-order valence-corrected chi connectivity index (χ3v) is 3.63. The van der Waals surface area contributed by atoms with Gasteiger partial charge in [0, 0.05) is 12.2 Å². The Morgan fingerprint density at radius 3 is 2.94 bits per heavy atom. The lowest BCUT2D eigenvalue weighted by atomic mass is 10.1. The molecule has 4 heteroatoms. The number of nitrogens with one attached hydrogen (secondary N) is 1. The van der Waals surface area contributed by atoms with Crippen molar-refractivity contribution in [2.75, 3.05) is 12.3 Å². The van der Waals surface area contributed by atoms with Crippen LogP contribution in [0, 0.1) is 12.8 Å². The first-order valence-electron chi connectivity index (χ1n) is 6.39. The van der Waals surface area contributed by atoms with Crippen LogP contribution in [0.4, 0.5) is 5.69 Å². The minimum Gasteiger partial charge on any atom is -0.398 e. The molecule has 1 aromatic carbocycles. The van der Waals surface area contributed by atoms with Gasteiger partial charge >= 0.3 is 0 Å². The van der Waals surface area contributed by atoms with E-state index >= 15 is 0 Å². The largest absolute Gasteiger partial charge is 0.398 e. The number of carbonyl (C=O) groups excluding carboxylic acids is 1. The van der Waals surface area contributed by atoms with Gasteiger partial charge in [-0.3, -0.25) is 4.79 Å². The lowest BCUT2D eigenvalue weighted by molar-refractivity contribution is 0.0946. The summed E-state index contributed by atoms with van der Waals surface area (Å²) in [7, 11) is 0. The first-order chi connectivity index (χ1) is 8.58. The molecule has 2 rings (SSSR count). The Balaban J connectivity index is 1.94. The SMILES string of the molecule is Cc1cccc(C(=O)NCC2CCC(O)C2)c1N. The molecule has 1 amide bonds. The average molecular weight is 248 g/mol. The molecule has 0 aliphatic heterocycles. The van der Waals surface area contributed by atoms with Crippen molar-refractivity contribution in [1.29, 1.82) is 0 Å². The number of para-hydroxylation sites is 1. The predicted octanol–water partition coefficient (Wildman–Crippen LogP) is 1.47. The molecule has 2 unspecified atom stereocenters. The fourth-order valence-corrected chi connectivity index (χ4v) is 2.44. The number of aryl methyl sites for hydroxylation is 1. The molecule has 0 saturated heterocycles. The van der Waals surface area contributed by atoms with Crippen molar-refractivity contribution in [2.45, 2.75) is 32.3 Å². The van der Waals surface area contributed by atoms with Crippen LogP contribution in [0.15, 0.2) is 18.2 Å². The van der Waals surface area contributed by atoms with Gasteiger partial charge in [-0.2, -0.15) is 0 Å². The Morgan fingerprint density at radius 2 is 2.28 bits per heavy atom. The number of anilines is 1. The molecule has 2 atom stereocenters. The number of aliphatic hydroxyl groups is 1. The van der Waals surface area contributed by atoms with Crippen LogP contribution in [-0.4, -0.2) is 23.7 Å². The van der Waals surface area contributed by atoms with Gasteiger partial charge in [0.2, 0.25) is 0 Å². The summed E-state index contributed by atoms with van der Waals surface area (Å²) < 4.78 is 0. The Kier molecular flexibility index (Phi) is 3.87. The van der Waals surface area contributed by atoms with Crippen molar-refractivity contribution in [3.8, 4) is 0 Å². The highest BCUT2D eigenvalue weighted by Crippen LogP contribution is 2.24. The molecular formula is C14H20N2O2. The summed E-state index contributed by atoms with van der Waals surface area (Å²) >= 11 is 0. The molecule has 4 nitrogen and oxygen atoms in total. The number of hydrogen-bond acceptors (Lipinski definition) is 3. The number of benzene rings is 1. The molecular weight excluding hydrogens is 228 g/mol. The summed E-state index contributed by atoms with van der Waals surface area (Å²) in [4.78, 5) is 12.0. The van der Waals surface area contributed by atoms with Gasteiger partial charge in [0.05, 0.1) is 11.7 Å². The Hall–Kier alpha value is -1.55. The molecule has 0 bridgehead atoms. The van der Waals surface area contributed by atoms with Gasteiger partial charge in [-0.1, -0.05) is 12.1 Å². The van der Waals surface area contributed by atoms with E-state index in [1.165, 1.54) is 0 Å². The van der Waals surface area contributed by atoms with E-state index in [2.05, 4.69) is 5.32 Å². The summed E-state index contributed by atoms with van der Waals surface area (Å²) in [6.45, 7) is 2.50. The number of amides is 1. The van der Waals surface area contributed by atoms with E-state index in [1.54, 1.807) is 6.07 Å². The lowest BCUT2D eigenvalue weighted by Gasteiger charge is -2.12. The third-order valence-electron chi connectivity index (χ3n) is 3.63. The zero-order valence-electron chi connectivity index (χ0n) is 10.6. The fourth-order valence-electron chi connectivity index (χ4n) is 2.44. The van der Waals surface area contributed by atoms with Crippen LogP contribution in [-0.2, 0) is 0 Å². The van der Waals surface area contributed by atoms with E-state index < -0.39 is 0 Å². The maximum atomic E-state index is 12.0. The van der Waals surface area contributed by atoms with Crippen LogP contribution in [0.2, 0.25) is 0 Å². The molecule has 98 valence electrons. The van der Waals surface area contributed by atoms with Crippen molar-refractivity contribution >= 4 is 11.6 Å². The van der Waals surface area contributed by atoms with Crippen LogP contribution in [0.25, 0.3) is 0 Å². The van der Waals surface area contributed by atoms with Gasteiger partial charge in [0.25, 0.3) is 5.91 Å². The zero-order chi connectivity index (χ0) is 13.1. The first-order valence-corrected chi connectivity index (χ1v) is 6.39. The van der Waals surface area contributed by atoms with Gasteiger partial charge in [-0.25, -0.2) is 0 Å². The molecule has 1 aliphatic carbocycles. The maximum Gasteiger partial charge on any atom is 0.253 e. The van der Waals surface area contributed by atoms with Crippen molar-refractivity contribution in [3.05, 3.63) is 29.3 Å². The monoisotopic (exact) mass is 248 g/mol. The highest BCUT2D eigenvalue weighted by molar-refractivity contribution is 5.99. The number of aliphatic hydroxyl groups excluding tert-OH is 1. The quantitative estimate of drug-likeness (QED) is 0.709. The molecule has 4 N–H and O–H groups in total. The number of carbonyl (C=O) groups is 1. The number of hydrogen-bond donors (Lipinski definition) is 3. The van der Waals surface area contributed by atoms with E-state index in [-0.39, 0.29) is 12.0 Å². The summed E-state index contributed by atoms with van der Waals surface area (Å²) in [6.07, 6.45) is 2.40. The van der Waals surface area contributed by atoms with E-state index in [9.17, 15) is 9.90 Å². The maximum absolute atomic E-state index is 12.0. The van der Waals surface area contributed by atoms with E-state index in [4.69, 9.17) is 5.73 Å². The topological polar surface area (TPSA) is 75.3 Å². The summed E-state index contributed by atoms with van der Waals surface area (Å²) in [5.41, 5.74) is 7.88. The van der Waals surface area contributed by atoms with Crippen LogP contribution in [0.5, 0.6) is 0 Å². The Labute approximate surface area is 107 Å². The summed E-state index contributed by atoms with van der Waals surface area (Å²) in [5, 5.41) is 12.3. The van der Waals surface area contributed by atoms with Crippen molar-refractivity contribution < 1.29 is 9.90 Å². The Morgan fingerprint density at radius 1 is 1.50 bits per heavy atom. The van der Waals surface area contributed by atoms with Crippen LogP contribution in [0.3, 0.4) is 0 Å². The standard InChI is InChI=1S/C14H20N2O2/c1-9-3-2-4-12(13(9)15)14(18)16-8-10-5-6-11(17)7-10/h2-4,10-11,17H,5-8,15H2,1H3,(H,16,18). The number of nitrogens with two attached hydrogens (primary N) is 1. The minimum absolute atomic E-state index is 0.127. The summed E-state index contributed by atoms with van der Waals surface area (Å²) in [5.74, 6) is 0.257. The summed E-state index contributed by atoms with van der Waals surface area (Å²) in [6, 6.07) is 5.46. The van der Waals surface area contributed by atoms with E-state index in [1.807, 2.05) is 19.1 Å². The number of nitrogen functional groups attached to an aromatic ring is 1. The van der Waals surface area contributed by atoms with Gasteiger partial charge < -0.3 is 16.2 Å². The average Bonchev–Trinajstić information content (AvgIpc) is 2.76. The van der Waals surface area contributed by atoms with E-state index in [0.29, 0.717) is 23.7 Å². The normalized spacial score (nSPS) is 23.0. The van der Waals surface area contributed by atoms with Gasteiger partial charge in [-0.15, -0.1) is 0 Å². The van der Waals surface area contributed by atoms with Gasteiger partial charge in [-0.05, 0) is 43.7 Å². The second-order valence-corrected chi connectivity index (χ2v) is 5.08. The molecule has 0 heterocycles. The third kappa shape index (κ3) is 2.82. The molecule has 18 heavy (non-hydrogen) atoms. The highest BCUT2D eigenvalue weighted by atomic mass is 16.3. The highest BCUT2D eigenvalue weighted by Gasteiger charge is 2.23. The van der Waals surface area contributed by atoms with Crippen LogP contribution < -0.4 is 11.1 Å². The van der Waals surface area contributed by atoms with Crippen molar-refractivity contribution in [1.82, 2.24) is 5.32 Å². The fraction of sp³-hybridized carbons (Fsp3) is 0.500. The van der Waals surface area contributed by atoms with Gasteiger partial charge in [0.1, 0.15) is 0 Å². The second kappa shape index (κ2) is 5.40. The van der Waals surface area contributed by atoms with Gasteiger partial charge in [0.15, 0.2) is 0 Å². The van der Waals surface area contributed by atoms with Crippen molar-refractivity contribution in [2.24, 2.45) is 5.92 Å². The van der Waals surface area contributed by atoms with Crippen LogP contribution in [0.1, 0.15) is 35.2 Å². The smallest absolute Gasteiger partial charge is 0.253 e. The molecule has 0 aromatic heterocycles. The Bertz CT molecular complexity index is 445. The minimum atomic E-state index is -0.198. The van der Waals surface area contributed by atoms with Crippen molar-refractivity contribution in [3.63, 3.8) is 0 Å². The molecule has 1 aliphatic rings. The van der Waals surface area contributed by atoms with E-state index in [0.717, 1.165) is 24.8 Å². The number of rotatable bonds is 3. The second-order valence-electron chi connectivity index (χ2n) is 5.08. The predicted molar refractivity (Wildman–Crippen MR) is 71.3 cm³/mol. The molecule has 0 radical (unpaired) electrons. The molecule has 0 spiro atoms. The first kappa shape index (κ1) is 12.9. The molecule has 1 aromatic rings. The van der Waals surface area contributed by atoms with Crippen LogP contribution >= 0.6 is 0 Å².